The summed E-state index contributed by atoms with van der Waals surface area (Å²) in [6.07, 6.45) is 0.582. The Hall–Kier alpha value is -0.540. The molecule has 0 aromatic heterocycles. The monoisotopic (exact) mass is 290 g/mol. The third-order valence-electron chi connectivity index (χ3n) is 2.08. The molecule has 1 aromatic rings. The second kappa shape index (κ2) is 5.52. The third kappa shape index (κ3) is 3.50. The summed E-state index contributed by atoms with van der Waals surface area (Å²) in [7, 11) is 1.60. The van der Waals surface area contributed by atoms with Crippen molar-refractivity contribution >= 4 is 33.3 Å². The maximum absolute atomic E-state index is 11.1. The molecule has 1 aromatic carbocycles. The lowest BCUT2D eigenvalue weighted by atomic mass is 10.1. The van der Waals surface area contributed by atoms with Gasteiger partial charge in [-0.1, -0.05) is 27.5 Å². The van der Waals surface area contributed by atoms with Crippen LogP contribution in [0.4, 0.5) is 0 Å². The highest BCUT2D eigenvalue weighted by molar-refractivity contribution is 9.10. The average Bonchev–Trinajstić information content (AvgIpc) is 2.18. The van der Waals surface area contributed by atoms with E-state index < -0.39 is 0 Å². The van der Waals surface area contributed by atoms with Crippen molar-refractivity contribution in [2.24, 2.45) is 0 Å². The summed E-state index contributed by atoms with van der Waals surface area (Å²) >= 11 is 9.20. The molecule has 1 atom stereocenters. The van der Waals surface area contributed by atoms with Gasteiger partial charge in [-0.05, 0) is 37.1 Å². The third-order valence-corrected chi connectivity index (χ3v) is 3.29. The van der Waals surface area contributed by atoms with Crippen LogP contribution in [0.1, 0.15) is 12.5 Å². The number of methoxy groups -OCH3 is 1. The van der Waals surface area contributed by atoms with E-state index in [1.54, 1.807) is 26.2 Å². The number of hydrogen-bond acceptors (Lipinski definition) is 2. The van der Waals surface area contributed by atoms with Crippen molar-refractivity contribution in [3.63, 3.8) is 0 Å². The minimum atomic E-state index is -0.190. The van der Waals surface area contributed by atoms with Crippen LogP contribution < -0.4 is 4.74 Å². The van der Waals surface area contributed by atoms with Crippen LogP contribution in [0, 0.1) is 0 Å². The van der Waals surface area contributed by atoms with Crippen LogP contribution in [0.2, 0.25) is 5.02 Å². The average molecular weight is 292 g/mol. The molecular formula is C11H12BrClO2. The van der Waals surface area contributed by atoms with E-state index in [1.165, 1.54) is 0 Å². The van der Waals surface area contributed by atoms with Crippen molar-refractivity contribution in [3.8, 4) is 5.75 Å². The highest BCUT2D eigenvalue weighted by atomic mass is 79.9. The fourth-order valence-electron chi connectivity index (χ4n) is 1.24. The number of ketones is 1. The Morgan fingerprint density at radius 3 is 2.80 bits per heavy atom. The molecule has 0 radical (unpaired) electrons. The zero-order chi connectivity index (χ0) is 11.4. The molecule has 0 heterocycles. The number of rotatable bonds is 4. The quantitative estimate of drug-likeness (QED) is 0.796. The standard InChI is InChI=1S/C11H12BrClO2/c1-7(14)10(12)6-8-5-9(13)3-4-11(8)15-2/h3-5,10H,6H2,1-2H3. The number of benzene rings is 1. The highest BCUT2D eigenvalue weighted by Crippen LogP contribution is 2.25. The minimum absolute atomic E-state index is 0.0945. The number of halogens is 2. The predicted molar refractivity (Wildman–Crippen MR) is 65.1 cm³/mol. The molecule has 4 heteroatoms. The van der Waals surface area contributed by atoms with Crippen molar-refractivity contribution in [3.05, 3.63) is 28.8 Å². The second-order valence-corrected chi connectivity index (χ2v) is 4.78. The number of alkyl halides is 1. The van der Waals surface area contributed by atoms with Crippen LogP contribution in [0.25, 0.3) is 0 Å². The van der Waals surface area contributed by atoms with Crippen molar-refractivity contribution < 1.29 is 9.53 Å². The summed E-state index contributed by atoms with van der Waals surface area (Å²) in [5.41, 5.74) is 0.932. The Morgan fingerprint density at radius 2 is 2.27 bits per heavy atom. The van der Waals surface area contributed by atoms with Gasteiger partial charge in [0, 0.05) is 5.02 Å². The Bertz CT molecular complexity index is 366. The van der Waals surface area contributed by atoms with Crippen molar-refractivity contribution in [2.75, 3.05) is 7.11 Å². The first kappa shape index (κ1) is 12.5. The molecule has 0 amide bonds. The van der Waals surface area contributed by atoms with Crippen LogP contribution >= 0.6 is 27.5 Å². The lowest BCUT2D eigenvalue weighted by Crippen LogP contribution is -2.13. The SMILES string of the molecule is COc1ccc(Cl)cc1CC(Br)C(C)=O. The maximum atomic E-state index is 11.1. The summed E-state index contributed by atoms with van der Waals surface area (Å²) in [6, 6.07) is 5.38. The second-order valence-electron chi connectivity index (χ2n) is 3.24. The molecule has 1 rings (SSSR count). The van der Waals surface area contributed by atoms with Gasteiger partial charge in [0.1, 0.15) is 11.5 Å². The topological polar surface area (TPSA) is 26.3 Å². The van der Waals surface area contributed by atoms with Crippen molar-refractivity contribution in [2.45, 2.75) is 18.2 Å². The molecule has 15 heavy (non-hydrogen) atoms. The van der Waals surface area contributed by atoms with Gasteiger partial charge in [0.15, 0.2) is 0 Å². The summed E-state index contributed by atoms with van der Waals surface area (Å²) in [5, 5.41) is 0.647. The fourth-order valence-corrected chi connectivity index (χ4v) is 1.79. The first-order valence-electron chi connectivity index (χ1n) is 4.51. The van der Waals surface area contributed by atoms with E-state index in [4.69, 9.17) is 16.3 Å². The van der Waals surface area contributed by atoms with Gasteiger partial charge in [-0.2, -0.15) is 0 Å². The molecule has 0 aliphatic rings. The number of carbonyl (C=O) groups excluding carboxylic acids is 1. The summed E-state index contributed by atoms with van der Waals surface area (Å²) in [5.74, 6) is 0.849. The fraction of sp³-hybridized carbons (Fsp3) is 0.364. The number of Topliss-reactive ketones (excluding diaryl/α,β-unsaturated/α-hetero) is 1. The number of hydrogen-bond donors (Lipinski definition) is 0. The molecule has 0 N–H and O–H groups in total. The van der Waals surface area contributed by atoms with Gasteiger partial charge in [-0.15, -0.1) is 0 Å². The molecule has 0 aliphatic heterocycles. The zero-order valence-electron chi connectivity index (χ0n) is 8.59. The molecular weight excluding hydrogens is 279 g/mol. The lowest BCUT2D eigenvalue weighted by Gasteiger charge is -2.11. The Balaban J connectivity index is 2.91. The molecule has 2 nitrogen and oxygen atoms in total. The normalized spacial score (nSPS) is 12.3. The van der Waals surface area contributed by atoms with Crippen LogP contribution in [-0.4, -0.2) is 17.7 Å². The van der Waals surface area contributed by atoms with Gasteiger partial charge in [-0.25, -0.2) is 0 Å². The van der Waals surface area contributed by atoms with E-state index >= 15 is 0 Å². The number of ether oxygens (including phenoxy) is 1. The van der Waals surface area contributed by atoms with E-state index in [-0.39, 0.29) is 10.6 Å². The molecule has 0 spiro atoms. The van der Waals surface area contributed by atoms with Crippen LogP contribution in [-0.2, 0) is 11.2 Å². The Morgan fingerprint density at radius 1 is 1.60 bits per heavy atom. The van der Waals surface area contributed by atoms with Crippen molar-refractivity contribution in [1.29, 1.82) is 0 Å². The van der Waals surface area contributed by atoms with E-state index in [0.29, 0.717) is 11.4 Å². The molecule has 0 aliphatic carbocycles. The first-order valence-corrected chi connectivity index (χ1v) is 5.81. The maximum Gasteiger partial charge on any atom is 0.143 e. The summed E-state index contributed by atoms with van der Waals surface area (Å²) < 4.78 is 5.19. The van der Waals surface area contributed by atoms with Gasteiger partial charge < -0.3 is 4.74 Å². The van der Waals surface area contributed by atoms with E-state index in [2.05, 4.69) is 15.9 Å². The van der Waals surface area contributed by atoms with E-state index in [9.17, 15) is 4.79 Å². The Kier molecular flexibility index (Phi) is 4.61. The van der Waals surface area contributed by atoms with Crippen LogP contribution in [0.3, 0.4) is 0 Å². The molecule has 0 bridgehead atoms. The molecule has 82 valence electrons. The van der Waals surface area contributed by atoms with Gasteiger partial charge in [-0.3, -0.25) is 4.79 Å². The molecule has 1 unspecified atom stereocenters. The molecule has 0 fully saturated rings. The first-order chi connectivity index (χ1) is 7.04. The minimum Gasteiger partial charge on any atom is -0.496 e. The van der Waals surface area contributed by atoms with E-state index in [0.717, 1.165) is 11.3 Å². The molecule has 0 saturated heterocycles. The zero-order valence-corrected chi connectivity index (χ0v) is 10.9. The van der Waals surface area contributed by atoms with Crippen molar-refractivity contribution in [1.82, 2.24) is 0 Å². The molecule has 0 saturated carbocycles. The highest BCUT2D eigenvalue weighted by Gasteiger charge is 2.13. The number of carbonyl (C=O) groups is 1. The van der Waals surface area contributed by atoms with Crippen LogP contribution in [0.5, 0.6) is 5.75 Å². The largest absolute Gasteiger partial charge is 0.496 e. The Labute approximate surface area is 103 Å². The van der Waals surface area contributed by atoms with Crippen LogP contribution in [0.15, 0.2) is 18.2 Å². The predicted octanol–water partition coefficient (Wildman–Crippen LogP) is 3.24. The summed E-state index contributed by atoms with van der Waals surface area (Å²) in [6.45, 7) is 1.55. The smallest absolute Gasteiger partial charge is 0.143 e. The van der Waals surface area contributed by atoms with Gasteiger partial charge in [0.25, 0.3) is 0 Å². The summed E-state index contributed by atoms with van der Waals surface area (Å²) in [4.78, 5) is 10.9. The van der Waals surface area contributed by atoms with Gasteiger partial charge >= 0.3 is 0 Å². The lowest BCUT2D eigenvalue weighted by molar-refractivity contribution is -0.116. The van der Waals surface area contributed by atoms with Gasteiger partial charge in [0.05, 0.1) is 11.9 Å². The van der Waals surface area contributed by atoms with Gasteiger partial charge in [0.2, 0.25) is 0 Å². The van der Waals surface area contributed by atoms with E-state index in [1.807, 2.05) is 6.07 Å².